The quantitative estimate of drug-likeness (QED) is 0.323. The monoisotopic (exact) mass is 631 g/mol. The molecule has 246 valence electrons. The lowest BCUT2D eigenvalue weighted by molar-refractivity contribution is -0.0115. The number of aliphatic hydroxyl groups excluding tert-OH is 1. The van der Waals surface area contributed by atoms with Crippen LogP contribution in [0.15, 0.2) is 73.1 Å². The van der Waals surface area contributed by atoms with Crippen LogP contribution >= 0.6 is 0 Å². The van der Waals surface area contributed by atoms with Gasteiger partial charge in [-0.3, -0.25) is 14.6 Å². The summed E-state index contributed by atoms with van der Waals surface area (Å²) in [6, 6.07) is 16.7. The van der Waals surface area contributed by atoms with Crippen LogP contribution in [-0.2, 0) is 4.74 Å². The molecule has 0 radical (unpaired) electrons. The lowest BCUT2D eigenvalue weighted by Gasteiger charge is -2.35. The van der Waals surface area contributed by atoms with Crippen LogP contribution < -0.4 is 15.4 Å². The van der Waals surface area contributed by atoms with Gasteiger partial charge in [-0.05, 0) is 75.6 Å². The largest absolute Gasteiger partial charge is 0.490 e. The van der Waals surface area contributed by atoms with Crippen molar-refractivity contribution in [2.75, 3.05) is 44.0 Å². The minimum absolute atomic E-state index is 0.182. The number of amides is 4. The van der Waals surface area contributed by atoms with Crippen molar-refractivity contribution >= 4 is 29.2 Å². The smallest absolute Gasteiger partial charge is 0.321 e. The number of aromatic nitrogens is 1. The fraction of sp³-hybridized carbons (Fsp3) is 0.429. The topological polar surface area (TPSA) is 133 Å². The highest BCUT2D eigenvalue weighted by Crippen LogP contribution is 2.29. The minimum Gasteiger partial charge on any atom is -0.490 e. The lowest BCUT2D eigenvalue weighted by Crippen LogP contribution is -2.48. The van der Waals surface area contributed by atoms with Crippen LogP contribution in [0.2, 0.25) is 0 Å². The second-order valence-electron chi connectivity index (χ2n) is 11.9. The Morgan fingerprint density at radius 3 is 2.50 bits per heavy atom. The number of likely N-dealkylation sites (N-methyl/N-ethyl adjacent to an activating group) is 1. The molecule has 1 aliphatic heterocycles. The normalized spacial score (nSPS) is 20.0. The van der Waals surface area contributed by atoms with E-state index >= 15 is 0 Å². The summed E-state index contributed by atoms with van der Waals surface area (Å²) in [5.74, 6) is -0.476. The third-order valence-electron chi connectivity index (χ3n) is 8.08. The summed E-state index contributed by atoms with van der Waals surface area (Å²) >= 11 is 0. The van der Waals surface area contributed by atoms with Gasteiger partial charge in [0.1, 0.15) is 5.75 Å². The fourth-order valence-corrected chi connectivity index (χ4v) is 5.26. The van der Waals surface area contributed by atoms with Gasteiger partial charge in [0.05, 0.1) is 30.4 Å². The molecule has 0 unspecified atom stereocenters. The van der Waals surface area contributed by atoms with E-state index in [0.29, 0.717) is 35.8 Å². The van der Waals surface area contributed by atoms with E-state index in [4.69, 9.17) is 9.47 Å². The van der Waals surface area contributed by atoms with Gasteiger partial charge >= 0.3 is 6.03 Å². The third kappa shape index (κ3) is 9.51. The first-order valence-corrected chi connectivity index (χ1v) is 15.8. The average molecular weight is 632 g/mol. The molecule has 1 aromatic heterocycles. The number of para-hydroxylation sites is 1. The maximum atomic E-state index is 14.3. The first kappa shape index (κ1) is 34.4. The number of nitrogens with zero attached hydrogens (tertiary/aromatic N) is 3. The van der Waals surface area contributed by atoms with Crippen molar-refractivity contribution in [3.05, 3.63) is 84.2 Å². The molecule has 1 aliphatic rings. The highest BCUT2D eigenvalue weighted by Gasteiger charge is 2.31. The molecule has 3 N–H and O–H groups in total. The minimum atomic E-state index is -0.525. The Morgan fingerprint density at radius 2 is 1.78 bits per heavy atom. The van der Waals surface area contributed by atoms with Crippen molar-refractivity contribution in [3.8, 4) is 5.75 Å². The Balaban J connectivity index is 1.60. The summed E-state index contributed by atoms with van der Waals surface area (Å²) in [4.78, 5) is 47.4. The molecule has 0 saturated heterocycles. The summed E-state index contributed by atoms with van der Waals surface area (Å²) in [6.07, 6.45) is 4.91. The summed E-state index contributed by atoms with van der Waals surface area (Å²) in [5.41, 5.74) is 1.84. The predicted molar refractivity (Wildman–Crippen MR) is 177 cm³/mol. The van der Waals surface area contributed by atoms with E-state index < -0.39 is 6.04 Å². The Labute approximate surface area is 270 Å². The zero-order valence-corrected chi connectivity index (χ0v) is 27.0. The lowest BCUT2D eigenvalue weighted by atomic mass is 10.0. The van der Waals surface area contributed by atoms with E-state index in [1.54, 1.807) is 54.1 Å². The van der Waals surface area contributed by atoms with Gasteiger partial charge in [0, 0.05) is 62.0 Å². The molecule has 0 fully saturated rings. The zero-order chi connectivity index (χ0) is 33.1. The van der Waals surface area contributed by atoms with Gasteiger partial charge in [-0.2, -0.15) is 0 Å². The molecule has 4 amide bonds. The first-order chi connectivity index (χ1) is 22.2. The van der Waals surface area contributed by atoms with E-state index in [1.165, 1.54) is 12.4 Å². The van der Waals surface area contributed by atoms with Gasteiger partial charge in [0.25, 0.3) is 11.8 Å². The molecule has 0 saturated carbocycles. The highest BCUT2D eigenvalue weighted by molar-refractivity contribution is 6.05. The van der Waals surface area contributed by atoms with Crippen LogP contribution in [-0.4, -0.2) is 89.3 Å². The van der Waals surface area contributed by atoms with Crippen molar-refractivity contribution in [1.29, 1.82) is 0 Å². The van der Waals surface area contributed by atoms with E-state index in [0.717, 1.165) is 19.3 Å². The number of nitrogens with one attached hydrogen (secondary N) is 2. The standard InChI is InChI=1S/C35H45N5O6/c1-24-21-40(25(2)23-41)34(43)30-20-29(37-33(42)27-15-17-36-18-16-27)13-14-31(30)46-26(3)10-8-9-19-45-32(24)22-39(4)35(44)38-28-11-6-5-7-12-28/h5-7,11-18,20,24-26,32,41H,8-10,19,21-23H2,1-4H3,(H,37,42)(H,38,44)/t24-,25+,26+,32+/m0/s1. The summed E-state index contributed by atoms with van der Waals surface area (Å²) in [7, 11) is 1.72. The molecule has 11 heteroatoms. The number of hydrogen-bond donors (Lipinski definition) is 3. The Bertz CT molecular complexity index is 1440. The number of ether oxygens (including phenoxy) is 2. The number of hydrogen-bond acceptors (Lipinski definition) is 7. The second kappa shape index (κ2) is 16.7. The maximum Gasteiger partial charge on any atom is 0.321 e. The Hall–Kier alpha value is -4.48. The number of pyridine rings is 1. The molecule has 0 spiro atoms. The molecule has 11 nitrogen and oxygen atoms in total. The average Bonchev–Trinajstić information content (AvgIpc) is 3.06. The maximum absolute atomic E-state index is 14.3. The highest BCUT2D eigenvalue weighted by atomic mass is 16.5. The van der Waals surface area contributed by atoms with E-state index in [9.17, 15) is 19.5 Å². The molecule has 2 heterocycles. The van der Waals surface area contributed by atoms with Gasteiger partial charge in [0.15, 0.2) is 0 Å². The number of benzene rings is 2. The summed E-state index contributed by atoms with van der Waals surface area (Å²) in [6.45, 7) is 6.51. The van der Waals surface area contributed by atoms with Gasteiger partial charge in [-0.1, -0.05) is 25.1 Å². The molecule has 4 atom stereocenters. The number of anilines is 2. The number of carbonyl (C=O) groups is 3. The Kier molecular flexibility index (Phi) is 12.5. The van der Waals surface area contributed by atoms with E-state index in [1.807, 2.05) is 44.2 Å². The second-order valence-corrected chi connectivity index (χ2v) is 11.9. The number of aliphatic hydroxyl groups is 1. The molecular formula is C35H45N5O6. The number of carbonyl (C=O) groups excluding carboxylic acids is 3. The first-order valence-electron chi connectivity index (χ1n) is 15.8. The predicted octanol–water partition coefficient (Wildman–Crippen LogP) is 5.29. The fourth-order valence-electron chi connectivity index (χ4n) is 5.26. The van der Waals surface area contributed by atoms with Crippen molar-refractivity contribution in [2.24, 2.45) is 5.92 Å². The van der Waals surface area contributed by atoms with Crippen molar-refractivity contribution in [1.82, 2.24) is 14.8 Å². The number of urea groups is 1. The van der Waals surface area contributed by atoms with Crippen LogP contribution in [0.3, 0.4) is 0 Å². The number of fused-ring (bicyclic) bond motifs is 1. The van der Waals surface area contributed by atoms with Crippen LogP contribution in [0.4, 0.5) is 16.2 Å². The van der Waals surface area contributed by atoms with E-state index in [-0.39, 0.29) is 54.7 Å². The molecule has 3 aromatic rings. The van der Waals surface area contributed by atoms with Crippen LogP contribution in [0, 0.1) is 5.92 Å². The van der Waals surface area contributed by atoms with Gasteiger partial charge in [0.2, 0.25) is 0 Å². The van der Waals surface area contributed by atoms with E-state index in [2.05, 4.69) is 15.6 Å². The van der Waals surface area contributed by atoms with Crippen molar-refractivity contribution < 1.29 is 29.0 Å². The summed E-state index contributed by atoms with van der Waals surface area (Å²) in [5, 5.41) is 16.0. The molecule has 2 aromatic carbocycles. The van der Waals surface area contributed by atoms with Crippen LogP contribution in [0.5, 0.6) is 5.75 Å². The summed E-state index contributed by atoms with van der Waals surface area (Å²) < 4.78 is 12.6. The van der Waals surface area contributed by atoms with Crippen molar-refractivity contribution in [2.45, 2.75) is 58.3 Å². The van der Waals surface area contributed by atoms with Gasteiger partial charge < -0.3 is 35.0 Å². The molecule has 46 heavy (non-hydrogen) atoms. The van der Waals surface area contributed by atoms with Gasteiger partial charge in [-0.15, -0.1) is 0 Å². The number of rotatable bonds is 7. The van der Waals surface area contributed by atoms with Crippen molar-refractivity contribution in [3.63, 3.8) is 0 Å². The zero-order valence-electron chi connectivity index (χ0n) is 27.0. The van der Waals surface area contributed by atoms with Gasteiger partial charge in [-0.25, -0.2) is 4.79 Å². The van der Waals surface area contributed by atoms with Crippen LogP contribution in [0.1, 0.15) is 60.7 Å². The SMILES string of the molecule is C[C@@H]1CCCCO[C@H](CN(C)C(=O)Nc2ccccc2)[C@@H](C)CN([C@H](C)CO)C(=O)c2cc(NC(=O)c3ccncc3)ccc2O1. The third-order valence-corrected chi connectivity index (χ3v) is 8.08. The van der Waals surface area contributed by atoms with Crippen LogP contribution in [0.25, 0.3) is 0 Å². The molecule has 0 bridgehead atoms. The molecule has 0 aliphatic carbocycles. The Morgan fingerprint density at radius 1 is 1.04 bits per heavy atom. The molecular weight excluding hydrogens is 586 g/mol. The molecule has 4 rings (SSSR count).